The van der Waals surface area contributed by atoms with Crippen molar-refractivity contribution in [3.8, 4) is 0 Å². The number of hydrogen-bond acceptors (Lipinski definition) is 1. The van der Waals surface area contributed by atoms with E-state index in [1.807, 2.05) is 29.3 Å². The van der Waals surface area contributed by atoms with Gasteiger partial charge in [-0.05, 0) is 54.9 Å². The monoisotopic (exact) mass is 414 g/mol. The largest absolute Gasteiger partial charge is 0.416 e. The van der Waals surface area contributed by atoms with E-state index in [4.69, 9.17) is 0 Å². The summed E-state index contributed by atoms with van der Waals surface area (Å²) in [6.07, 6.45) is 1.22. The predicted molar refractivity (Wildman–Crippen MR) is 111 cm³/mol. The fraction of sp³-hybridized carbons (Fsp3) is 0.375. The van der Waals surface area contributed by atoms with Crippen LogP contribution in [0.5, 0.6) is 0 Å². The van der Waals surface area contributed by atoms with Crippen molar-refractivity contribution in [1.82, 2.24) is 9.88 Å². The summed E-state index contributed by atoms with van der Waals surface area (Å²) >= 11 is 0. The fourth-order valence-corrected chi connectivity index (χ4v) is 4.36. The van der Waals surface area contributed by atoms with Gasteiger partial charge in [0.1, 0.15) is 0 Å². The summed E-state index contributed by atoms with van der Waals surface area (Å²) in [5.74, 6) is 0.208. The van der Waals surface area contributed by atoms with E-state index in [0.29, 0.717) is 32.4 Å². The summed E-state index contributed by atoms with van der Waals surface area (Å²) < 4.78 is 38.9. The van der Waals surface area contributed by atoms with Gasteiger partial charge in [-0.3, -0.25) is 4.79 Å². The number of carbonyl (C=O) groups excluding carboxylic acids is 1. The highest BCUT2D eigenvalue weighted by molar-refractivity contribution is 5.83. The van der Waals surface area contributed by atoms with E-state index in [1.165, 1.54) is 23.1 Å². The van der Waals surface area contributed by atoms with Crippen LogP contribution in [0.25, 0.3) is 10.9 Å². The number of alkyl halides is 3. The van der Waals surface area contributed by atoms with E-state index in [2.05, 4.69) is 11.1 Å². The number of piperidine rings is 1. The molecule has 0 bridgehead atoms. The lowest BCUT2D eigenvalue weighted by atomic mass is 9.88. The van der Waals surface area contributed by atoms with Crippen LogP contribution in [-0.2, 0) is 17.4 Å². The maximum atomic E-state index is 13.0. The predicted octanol–water partition coefficient (Wildman–Crippen LogP) is 5.92. The number of aromatic amines is 1. The highest BCUT2D eigenvalue weighted by atomic mass is 19.4. The molecule has 0 saturated carbocycles. The van der Waals surface area contributed by atoms with Crippen molar-refractivity contribution in [3.63, 3.8) is 0 Å². The molecule has 6 heteroatoms. The van der Waals surface area contributed by atoms with Crippen LogP contribution in [0.1, 0.15) is 48.3 Å². The van der Waals surface area contributed by atoms with Crippen molar-refractivity contribution >= 4 is 16.8 Å². The molecule has 4 rings (SSSR count). The molecule has 1 saturated heterocycles. The molecule has 0 aliphatic carbocycles. The second kappa shape index (κ2) is 8.54. The smallest absolute Gasteiger partial charge is 0.361 e. The van der Waals surface area contributed by atoms with Crippen molar-refractivity contribution < 1.29 is 18.0 Å². The van der Waals surface area contributed by atoms with Crippen LogP contribution in [0.15, 0.2) is 54.7 Å². The number of halogens is 3. The Kier molecular flexibility index (Phi) is 5.84. The van der Waals surface area contributed by atoms with Crippen molar-refractivity contribution in [2.45, 2.75) is 44.2 Å². The van der Waals surface area contributed by atoms with Gasteiger partial charge in [-0.25, -0.2) is 0 Å². The molecule has 1 aromatic heterocycles. The summed E-state index contributed by atoms with van der Waals surface area (Å²) in [6.45, 7) is 1.21. The first-order chi connectivity index (χ1) is 14.4. The Labute approximate surface area is 173 Å². The van der Waals surface area contributed by atoms with Crippen LogP contribution in [0.2, 0.25) is 0 Å². The first-order valence-corrected chi connectivity index (χ1v) is 10.4. The molecule has 0 radical (unpaired) electrons. The Bertz CT molecular complexity index is 1020. The van der Waals surface area contributed by atoms with Gasteiger partial charge in [0.25, 0.3) is 0 Å². The SMILES string of the molecule is O=C(CCCc1c[nH]c2ccccc12)N1CCC(c2cccc(C(F)(F)F)c2)CC1. The number of likely N-dealkylation sites (tertiary alicyclic amines) is 1. The number of benzene rings is 2. The first-order valence-electron chi connectivity index (χ1n) is 10.4. The summed E-state index contributed by atoms with van der Waals surface area (Å²) in [6, 6.07) is 13.7. The van der Waals surface area contributed by atoms with Gasteiger partial charge >= 0.3 is 6.18 Å². The molecular weight excluding hydrogens is 389 g/mol. The second-order valence-corrected chi connectivity index (χ2v) is 7.99. The summed E-state index contributed by atoms with van der Waals surface area (Å²) in [7, 11) is 0. The topological polar surface area (TPSA) is 36.1 Å². The quantitative estimate of drug-likeness (QED) is 0.553. The average molecular weight is 414 g/mol. The molecule has 3 aromatic rings. The minimum absolute atomic E-state index is 0.0718. The van der Waals surface area contributed by atoms with Crippen LogP contribution < -0.4 is 0 Å². The summed E-state index contributed by atoms with van der Waals surface area (Å²) in [4.78, 5) is 17.7. The maximum absolute atomic E-state index is 13.0. The van der Waals surface area contributed by atoms with Crippen molar-refractivity contribution in [2.24, 2.45) is 0 Å². The molecule has 1 aliphatic rings. The molecule has 0 atom stereocenters. The van der Waals surface area contributed by atoms with E-state index in [9.17, 15) is 18.0 Å². The first kappa shape index (κ1) is 20.5. The lowest BCUT2D eigenvalue weighted by molar-refractivity contribution is -0.137. The maximum Gasteiger partial charge on any atom is 0.416 e. The number of hydrogen-bond donors (Lipinski definition) is 1. The normalized spacial score (nSPS) is 15.6. The third kappa shape index (κ3) is 4.53. The van der Waals surface area contributed by atoms with Crippen LogP contribution in [0.3, 0.4) is 0 Å². The number of amides is 1. The fourth-order valence-electron chi connectivity index (χ4n) is 4.36. The molecule has 1 N–H and O–H groups in total. The standard InChI is InChI=1S/C24H25F3N2O/c25-24(26,27)20-7-3-5-18(15-20)17-11-13-29(14-12-17)23(30)10-4-6-19-16-28-22-9-2-1-8-21(19)22/h1-3,5,7-9,15-17,28H,4,6,10-14H2. The molecule has 0 unspecified atom stereocenters. The lowest BCUT2D eigenvalue weighted by Crippen LogP contribution is -2.37. The molecule has 0 spiro atoms. The van der Waals surface area contributed by atoms with Gasteiger partial charge in [-0.15, -0.1) is 0 Å². The van der Waals surface area contributed by atoms with E-state index in [1.54, 1.807) is 6.07 Å². The minimum Gasteiger partial charge on any atom is -0.361 e. The Balaban J connectivity index is 1.27. The third-order valence-electron chi connectivity index (χ3n) is 6.04. The molecule has 30 heavy (non-hydrogen) atoms. The van der Waals surface area contributed by atoms with Gasteiger partial charge < -0.3 is 9.88 Å². The number of nitrogens with zero attached hydrogens (tertiary/aromatic N) is 1. The number of para-hydroxylation sites is 1. The summed E-state index contributed by atoms with van der Waals surface area (Å²) in [5.41, 5.74) is 2.45. The minimum atomic E-state index is -4.32. The summed E-state index contributed by atoms with van der Waals surface area (Å²) in [5, 5.41) is 1.20. The number of H-pyrrole nitrogens is 1. The zero-order chi connectivity index (χ0) is 21.1. The molecule has 2 heterocycles. The molecule has 1 fully saturated rings. The van der Waals surface area contributed by atoms with Crippen molar-refractivity contribution in [2.75, 3.05) is 13.1 Å². The van der Waals surface area contributed by atoms with E-state index < -0.39 is 11.7 Å². The third-order valence-corrected chi connectivity index (χ3v) is 6.04. The number of carbonyl (C=O) groups is 1. The molecule has 1 aliphatic heterocycles. The van der Waals surface area contributed by atoms with Gasteiger partial charge in [0.2, 0.25) is 5.91 Å². The number of aryl methyl sites for hydroxylation is 1. The van der Waals surface area contributed by atoms with E-state index >= 15 is 0 Å². The molecule has 3 nitrogen and oxygen atoms in total. The van der Waals surface area contributed by atoms with Gasteiger partial charge in [0, 0.05) is 36.6 Å². The van der Waals surface area contributed by atoms with Crippen LogP contribution in [-0.4, -0.2) is 28.9 Å². The number of rotatable bonds is 5. The molecule has 158 valence electrons. The highest BCUT2D eigenvalue weighted by Crippen LogP contribution is 2.34. The van der Waals surface area contributed by atoms with Crippen molar-refractivity contribution in [1.29, 1.82) is 0 Å². The zero-order valence-corrected chi connectivity index (χ0v) is 16.7. The lowest BCUT2D eigenvalue weighted by Gasteiger charge is -2.32. The van der Waals surface area contributed by atoms with Gasteiger partial charge in [-0.2, -0.15) is 13.2 Å². The molecule has 2 aromatic carbocycles. The van der Waals surface area contributed by atoms with Gasteiger partial charge in [0.05, 0.1) is 5.56 Å². The Morgan fingerprint density at radius 3 is 2.60 bits per heavy atom. The Morgan fingerprint density at radius 1 is 1.07 bits per heavy atom. The average Bonchev–Trinajstić information content (AvgIpc) is 3.16. The number of aromatic nitrogens is 1. The van der Waals surface area contributed by atoms with Crippen LogP contribution >= 0.6 is 0 Å². The zero-order valence-electron chi connectivity index (χ0n) is 16.7. The van der Waals surface area contributed by atoms with Gasteiger partial charge in [-0.1, -0.05) is 36.4 Å². The molecular formula is C24H25F3N2O. The second-order valence-electron chi connectivity index (χ2n) is 7.99. The van der Waals surface area contributed by atoms with Crippen LogP contribution in [0.4, 0.5) is 13.2 Å². The number of nitrogens with one attached hydrogen (secondary N) is 1. The van der Waals surface area contributed by atoms with E-state index in [0.717, 1.165) is 30.0 Å². The van der Waals surface area contributed by atoms with Crippen molar-refractivity contribution in [3.05, 3.63) is 71.4 Å². The number of fused-ring (bicyclic) bond motifs is 1. The Hall–Kier alpha value is -2.76. The van der Waals surface area contributed by atoms with Gasteiger partial charge in [0.15, 0.2) is 0 Å². The molecule has 1 amide bonds. The van der Waals surface area contributed by atoms with E-state index in [-0.39, 0.29) is 11.8 Å². The van der Waals surface area contributed by atoms with Crippen LogP contribution in [0, 0.1) is 0 Å². The highest BCUT2D eigenvalue weighted by Gasteiger charge is 2.31. The Morgan fingerprint density at radius 2 is 1.83 bits per heavy atom.